The molecular formula is C15H24F2N2. The molecular weight excluding hydrogens is 246 g/mol. The third kappa shape index (κ3) is 5.55. The molecule has 0 aliphatic heterocycles. The summed E-state index contributed by atoms with van der Waals surface area (Å²) in [5, 5.41) is 3.38. The Morgan fingerprint density at radius 1 is 1.26 bits per heavy atom. The summed E-state index contributed by atoms with van der Waals surface area (Å²) in [6, 6.07) is 5.98. The lowest BCUT2D eigenvalue weighted by Crippen LogP contribution is -2.25. The molecule has 2 nitrogen and oxygen atoms in total. The second-order valence-corrected chi connectivity index (χ2v) is 5.42. The Hall–Kier alpha value is -1.16. The molecule has 0 bridgehead atoms. The number of hydrogen-bond donors (Lipinski definition) is 1. The van der Waals surface area contributed by atoms with E-state index < -0.39 is 6.43 Å². The van der Waals surface area contributed by atoms with Gasteiger partial charge < -0.3 is 10.2 Å². The van der Waals surface area contributed by atoms with Crippen LogP contribution in [0.3, 0.4) is 0 Å². The minimum Gasteiger partial charge on any atom is -0.369 e. The van der Waals surface area contributed by atoms with E-state index in [2.05, 4.69) is 25.2 Å². The van der Waals surface area contributed by atoms with E-state index in [-0.39, 0.29) is 6.54 Å². The fourth-order valence-corrected chi connectivity index (χ4v) is 2.07. The highest BCUT2D eigenvalue weighted by Crippen LogP contribution is 2.21. The molecule has 0 saturated carbocycles. The van der Waals surface area contributed by atoms with Crippen molar-refractivity contribution in [2.45, 2.75) is 33.7 Å². The van der Waals surface area contributed by atoms with Crippen molar-refractivity contribution in [3.05, 3.63) is 29.3 Å². The molecule has 0 aromatic heterocycles. The first kappa shape index (κ1) is 15.9. The van der Waals surface area contributed by atoms with Crippen LogP contribution in [0.4, 0.5) is 14.5 Å². The summed E-state index contributed by atoms with van der Waals surface area (Å²) >= 11 is 0. The maximum Gasteiger partial charge on any atom is 0.255 e. The molecule has 19 heavy (non-hydrogen) atoms. The van der Waals surface area contributed by atoms with Crippen molar-refractivity contribution in [2.24, 2.45) is 5.92 Å². The first-order valence-corrected chi connectivity index (χ1v) is 6.69. The maximum absolute atomic E-state index is 12.4. The van der Waals surface area contributed by atoms with Gasteiger partial charge in [-0.15, -0.1) is 0 Å². The maximum atomic E-state index is 12.4. The highest BCUT2D eigenvalue weighted by molar-refractivity contribution is 5.53. The van der Waals surface area contributed by atoms with Crippen LogP contribution in [0.2, 0.25) is 0 Å². The van der Waals surface area contributed by atoms with Gasteiger partial charge in [-0.25, -0.2) is 8.78 Å². The molecule has 0 unspecified atom stereocenters. The highest BCUT2D eigenvalue weighted by Gasteiger charge is 2.10. The molecule has 0 aliphatic carbocycles. The van der Waals surface area contributed by atoms with Gasteiger partial charge in [0.05, 0.1) is 6.54 Å². The molecule has 1 aromatic carbocycles. The number of alkyl halides is 2. The van der Waals surface area contributed by atoms with E-state index in [1.165, 1.54) is 5.56 Å². The average Bonchev–Trinajstić information content (AvgIpc) is 2.27. The summed E-state index contributed by atoms with van der Waals surface area (Å²) in [4.78, 5) is 1.60. The van der Waals surface area contributed by atoms with Gasteiger partial charge in [0.2, 0.25) is 0 Å². The predicted octanol–water partition coefficient (Wildman–Crippen LogP) is 3.44. The topological polar surface area (TPSA) is 15.3 Å². The predicted molar refractivity (Wildman–Crippen MR) is 77.0 cm³/mol. The molecule has 0 saturated heterocycles. The lowest BCUT2D eigenvalue weighted by molar-refractivity contribution is 0.156. The summed E-state index contributed by atoms with van der Waals surface area (Å²) in [6.45, 7) is 7.86. The molecule has 0 atom stereocenters. The number of aryl methyl sites for hydroxylation is 1. The number of hydrogen-bond acceptors (Lipinski definition) is 2. The SMILES string of the molecule is Cc1cc(CNCC(C)C)ccc1N(C)CC(F)F. The van der Waals surface area contributed by atoms with Crippen LogP contribution in [0, 0.1) is 12.8 Å². The van der Waals surface area contributed by atoms with E-state index in [1.807, 2.05) is 19.1 Å². The van der Waals surface area contributed by atoms with E-state index in [0.29, 0.717) is 5.92 Å². The molecule has 108 valence electrons. The third-order valence-corrected chi connectivity index (χ3v) is 2.97. The second-order valence-electron chi connectivity index (χ2n) is 5.42. The van der Waals surface area contributed by atoms with Crippen molar-refractivity contribution in [3.8, 4) is 0 Å². The second kappa shape index (κ2) is 7.43. The molecule has 0 aliphatic rings. The fraction of sp³-hybridized carbons (Fsp3) is 0.600. The van der Waals surface area contributed by atoms with E-state index in [1.54, 1.807) is 11.9 Å². The van der Waals surface area contributed by atoms with E-state index in [9.17, 15) is 8.78 Å². The number of halogens is 2. The summed E-state index contributed by atoms with van der Waals surface area (Å²) in [7, 11) is 1.70. The van der Waals surface area contributed by atoms with Gasteiger partial charge in [0.25, 0.3) is 6.43 Å². The smallest absolute Gasteiger partial charge is 0.255 e. The Labute approximate surface area is 114 Å². The molecule has 1 rings (SSSR count). The first-order chi connectivity index (χ1) is 8.90. The van der Waals surface area contributed by atoms with Crippen molar-refractivity contribution in [2.75, 3.05) is 25.0 Å². The number of nitrogens with zero attached hydrogens (tertiary/aromatic N) is 1. The van der Waals surface area contributed by atoms with E-state index >= 15 is 0 Å². The van der Waals surface area contributed by atoms with Gasteiger partial charge in [-0.3, -0.25) is 0 Å². The Morgan fingerprint density at radius 2 is 1.95 bits per heavy atom. The number of nitrogens with one attached hydrogen (secondary N) is 1. The minimum absolute atomic E-state index is 0.230. The van der Waals surface area contributed by atoms with Crippen LogP contribution in [0.15, 0.2) is 18.2 Å². The Morgan fingerprint density at radius 3 is 2.47 bits per heavy atom. The van der Waals surface area contributed by atoms with Crippen molar-refractivity contribution in [1.29, 1.82) is 0 Å². The van der Waals surface area contributed by atoms with Crippen LogP contribution in [0.25, 0.3) is 0 Å². The van der Waals surface area contributed by atoms with Crippen molar-refractivity contribution in [1.82, 2.24) is 5.32 Å². The van der Waals surface area contributed by atoms with Gasteiger partial charge in [0.15, 0.2) is 0 Å². The lowest BCUT2D eigenvalue weighted by atomic mass is 10.1. The monoisotopic (exact) mass is 270 g/mol. The van der Waals surface area contributed by atoms with Crippen LogP contribution in [-0.2, 0) is 6.54 Å². The van der Waals surface area contributed by atoms with Crippen molar-refractivity contribution >= 4 is 5.69 Å². The van der Waals surface area contributed by atoms with Crippen LogP contribution in [0.1, 0.15) is 25.0 Å². The van der Waals surface area contributed by atoms with Crippen LogP contribution >= 0.6 is 0 Å². The van der Waals surface area contributed by atoms with Gasteiger partial charge in [-0.2, -0.15) is 0 Å². The Bertz CT molecular complexity index is 392. The zero-order chi connectivity index (χ0) is 14.4. The number of anilines is 1. The van der Waals surface area contributed by atoms with Crippen LogP contribution in [-0.4, -0.2) is 26.6 Å². The van der Waals surface area contributed by atoms with Gasteiger partial charge >= 0.3 is 0 Å². The first-order valence-electron chi connectivity index (χ1n) is 6.69. The van der Waals surface area contributed by atoms with Gasteiger partial charge in [0, 0.05) is 19.3 Å². The zero-order valence-corrected chi connectivity index (χ0v) is 12.2. The summed E-state index contributed by atoms with van der Waals surface area (Å²) in [6.07, 6.45) is -2.31. The minimum atomic E-state index is -2.31. The van der Waals surface area contributed by atoms with Crippen molar-refractivity contribution < 1.29 is 8.78 Å². The molecule has 4 heteroatoms. The third-order valence-electron chi connectivity index (χ3n) is 2.97. The number of benzene rings is 1. The molecule has 0 spiro atoms. The Balaban J connectivity index is 2.63. The molecule has 1 N–H and O–H groups in total. The zero-order valence-electron chi connectivity index (χ0n) is 12.2. The quantitative estimate of drug-likeness (QED) is 0.816. The highest BCUT2D eigenvalue weighted by atomic mass is 19.3. The Kier molecular flexibility index (Phi) is 6.22. The summed E-state index contributed by atoms with van der Waals surface area (Å²) in [5.74, 6) is 0.623. The normalized spacial score (nSPS) is 11.4. The molecule has 0 fully saturated rings. The molecule has 1 aromatic rings. The van der Waals surface area contributed by atoms with Gasteiger partial charge in [-0.1, -0.05) is 26.0 Å². The van der Waals surface area contributed by atoms with Gasteiger partial charge in [-0.05, 0) is 36.6 Å². The van der Waals surface area contributed by atoms with Crippen LogP contribution in [0.5, 0.6) is 0 Å². The van der Waals surface area contributed by atoms with Crippen LogP contribution < -0.4 is 10.2 Å². The molecule has 0 heterocycles. The van der Waals surface area contributed by atoms with E-state index in [0.717, 1.165) is 24.3 Å². The fourth-order valence-electron chi connectivity index (χ4n) is 2.07. The summed E-state index contributed by atoms with van der Waals surface area (Å²) < 4.78 is 24.7. The molecule has 0 amide bonds. The van der Waals surface area contributed by atoms with Crippen molar-refractivity contribution in [3.63, 3.8) is 0 Å². The average molecular weight is 270 g/mol. The summed E-state index contributed by atoms with van der Waals surface area (Å²) in [5.41, 5.74) is 3.09. The lowest BCUT2D eigenvalue weighted by Gasteiger charge is -2.21. The van der Waals surface area contributed by atoms with E-state index in [4.69, 9.17) is 0 Å². The number of rotatable bonds is 7. The van der Waals surface area contributed by atoms with Gasteiger partial charge in [0.1, 0.15) is 0 Å². The largest absolute Gasteiger partial charge is 0.369 e. The molecule has 0 radical (unpaired) electrons. The standard InChI is InChI=1S/C15H24F2N2/c1-11(2)8-18-9-13-5-6-14(12(3)7-13)19(4)10-15(16)17/h5-7,11,15,18H,8-10H2,1-4H3.